The van der Waals surface area contributed by atoms with E-state index in [1.54, 1.807) is 12.1 Å². The fourth-order valence-corrected chi connectivity index (χ4v) is 6.44. The topological polar surface area (TPSA) is 91.1 Å². The van der Waals surface area contributed by atoms with Crippen molar-refractivity contribution in [2.45, 2.75) is 42.5 Å². The molecule has 1 aliphatic rings. The van der Waals surface area contributed by atoms with Gasteiger partial charge in [-0.2, -0.15) is 8.61 Å². The maximum absolute atomic E-state index is 13.3. The number of piperidine rings is 1. The first-order chi connectivity index (χ1) is 14.6. The average molecular weight is 470 g/mol. The fraction of sp³-hybridized carbons (Fsp3) is 0.524. The summed E-state index contributed by atoms with van der Waals surface area (Å²) in [6, 6.07) is 9.09. The van der Waals surface area contributed by atoms with Crippen molar-refractivity contribution in [3.8, 4) is 0 Å². The summed E-state index contributed by atoms with van der Waals surface area (Å²) in [7, 11) is -3.69. The number of aryl methyl sites for hydroxylation is 1. The molecule has 1 aliphatic heterocycles. The van der Waals surface area contributed by atoms with Crippen LogP contribution in [0.3, 0.4) is 0 Å². The first kappa shape index (κ1) is 23.9. The second kappa shape index (κ2) is 9.83. The zero-order valence-electron chi connectivity index (χ0n) is 18.3. The van der Waals surface area contributed by atoms with E-state index in [0.29, 0.717) is 31.2 Å². The van der Waals surface area contributed by atoms with Gasteiger partial charge in [0.15, 0.2) is 0 Å². The summed E-state index contributed by atoms with van der Waals surface area (Å²) >= 11 is 0. The van der Waals surface area contributed by atoms with E-state index in [1.807, 2.05) is 25.9 Å². The highest BCUT2D eigenvalue weighted by molar-refractivity contribution is 7.89. The Kier molecular flexibility index (Phi) is 7.59. The predicted molar refractivity (Wildman–Crippen MR) is 119 cm³/mol. The van der Waals surface area contributed by atoms with Gasteiger partial charge in [0.05, 0.1) is 16.3 Å². The molecule has 3 rings (SSSR count). The largest absolute Gasteiger partial charge is 0.465 e. The molecule has 0 bridgehead atoms. The maximum Gasteiger partial charge on any atom is 0.243 e. The molecule has 10 heteroatoms. The number of furan rings is 1. The quantitative estimate of drug-likeness (QED) is 0.560. The summed E-state index contributed by atoms with van der Waals surface area (Å²) in [6.45, 7) is 3.75. The van der Waals surface area contributed by atoms with Crippen LogP contribution in [0.5, 0.6) is 0 Å². The highest BCUT2D eigenvalue weighted by Crippen LogP contribution is 2.24. The SMILES string of the molecule is Cc1ccc(CN(CCN(C)C)S(=O)(=O)c2ccc(S(=O)(=O)N3CCCCC3)cc2)o1. The van der Waals surface area contributed by atoms with Gasteiger partial charge in [0.1, 0.15) is 11.5 Å². The summed E-state index contributed by atoms with van der Waals surface area (Å²) in [5.41, 5.74) is 0. The smallest absolute Gasteiger partial charge is 0.243 e. The Bertz CT molecular complexity index is 1070. The summed E-state index contributed by atoms with van der Waals surface area (Å²) in [5, 5.41) is 0. The Morgan fingerprint density at radius 1 is 0.871 bits per heavy atom. The standard InChI is InChI=1S/C21H31N3O5S2/c1-18-7-8-19(29-18)17-24(16-15-22(2)3)31(27,28)21-11-9-20(10-12-21)30(25,26)23-13-5-4-6-14-23/h7-12H,4-6,13-17H2,1-3H3. The highest BCUT2D eigenvalue weighted by atomic mass is 32.2. The van der Waals surface area contributed by atoms with Gasteiger partial charge in [-0.1, -0.05) is 6.42 Å². The van der Waals surface area contributed by atoms with Gasteiger partial charge < -0.3 is 9.32 Å². The van der Waals surface area contributed by atoms with Gasteiger partial charge in [0, 0.05) is 26.2 Å². The second-order valence-electron chi connectivity index (χ2n) is 8.09. The van der Waals surface area contributed by atoms with E-state index < -0.39 is 20.0 Å². The van der Waals surface area contributed by atoms with Crippen LogP contribution in [0, 0.1) is 6.92 Å². The minimum atomic E-state index is -3.83. The van der Waals surface area contributed by atoms with Crippen LogP contribution in [-0.2, 0) is 26.6 Å². The molecule has 0 saturated carbocycles. The molecule has 0 spiro atoms. The number of likely N-dealkylation sites (N-methyl/N-ethyl adjacent to an activating group) is 1. The molecule has 2 aromatic rings. The number of hydrogen-bond acceptors (Lipinski definition) is 6. The van der Waals surface area contributed by atoms with Crippen molar-refractivity contribution in [3.05, 3.63) is 47.9 Å². The fourth-order valence-electron chi connectivity index (χ4n) is 3.53. The van der Waals surface area contributed by atoms with E-state index in [9.17, 15) is 16.8 Å². The van der Waals surface area contributed by atoms with E-state index in [4.69, 9.17) is 4.42 Å². The van der Waals surface area contributed by atoms with Crippen LogP contribution in [0.4, 0.5) is 0 Å². The minimum Gasteiger partial charge on any atom is -0.465 e. The second-order valence-corrected chi connectivity index (χ2v) is 12.0. The Labute approximate surface area is 185 Å². The van der Waals surface area contributed by atoms with E-state index in [0.717, 1.165) is 19.3 Å². The Morgan fingerprint density at radius 3 is 2.03 bits per heavy atom. The number of benzene rings is 1. The normalized spacial score (nSPS) is 16.3. The molecule has 1 fully saturated rings. The molecule has 2 heterocycles. The molecule has 8 nitrogen and oxygen atoms in total. The predicted octanol–water partition coefficient (Wildman–Crippen LogP) is 2.52. The lowest BCUT2D eigenvalue weighted by Gasteiger charge is -2.26. The van der Waals surface area contributed by atoms with Gasteiger partial charge >= 0.3 is 0 Å². The van der Waals surface area contributed by atoms with Crippen molar-refractivity contribution in [3.63, 3.8) is 0 Å². The highest BCUT2D eigenvalue weighted by Gasteiger charge is 2.29. The lowest BCUT2D eigenvalue weighted by Crippen LogP contribution is -2.36. The molecule has 31 heavy (non-hydrogen) atoms. The third kappa shape index (κ3) is 5.75. The van der Waals surface area contributed by atoms with E-state index in [-0.39, 0.29) is 22.9 Å². The van der Waals surface area contributed by atoms with E-state index >= 15 is 0 Å². The lowest BCUT2D eigenvalue weighted by molar-refractivity contribution is 0.310. The van der Waals surface area contributed by atoms with Crippen LogP contribution in [0.15, 0.2) is 50.6 Å². The van der Waals surface area contributed by atoms with Crippen LogP contribution < -0.4 is 0 Å². The van der Waals surface area contributed by atoms with Crippen molar-refractivity contribution < 1.29 is 21.3 Å². The number of hydrogen-bond donors (Lipinski definition) is 0. The molecule has 0 atom stereocenters. The van der Waals surface area contributed by atoms with Crippen molar-refractivity contribution in [1.82, 2.24) is 13.5 Å². The molecule has 0 radical (unpaired) electrons. The number of rotatable bonds is 9. The summed E-state index contributed by atoms with van der Waals surface area (Å²) < 4.78 is 60.8. The summed E-state index contributed by atoms with van der Waals surface area (Å²) in [4.78, 5) is 2.09. The van der Waals surface area contributed by atoms with Crippen molar-refractivity contribution in [1.29, 1.82) is 0 Å². The summed E-state index contributed by atoms with van der Waals surface area (Å²) in [6.07, 6.45) is 2.72. The molecule has 1 saturated heterocycles. The molecule has 0 unspecified atom stereocenters. The Hall–Kier alpha value is -1.72. The monoisotopic (exact) mass is 469 g/mol. The van der Waals surface area contributed by atoms with Gasteiger partial charge in [-0.15, -0.1) is 0 Å². The van der Waals surface area contributed by atoms with Crippen LogP contribution in [-0.4, -0.2) is 70.6 Å². The molecular weight excluding hydrogens is 438 g/mol. The molecule has 1 aromatic heterocycles. The van der Waals surface area contributed by atoms with Crippen LogP contribution in [0.25, 0.3) is 0 Å². The third-order valence-corrected chi connectivity index (χ3v) is 9.11. The van der Waals surface area contributed by atoms with Gasteiger partial charge in [0.25, 0.3) is 0 Å². The number of sulfonamides is 2. The van der Waals surface area contributed by atoms with Gasteiger partial charge in [0.2, 0.25) is 20.0 Å². The number of nitrogens with zero attached hydrogens (tertiary/aromatic N) is 3. The van der Waals surface area contributed by atoms with Crippen molar-refractivity contribution >= 4 is 20.0 Å². The molecule has 0 N–H and O–H groups in total. The zero-order valence-corrected chi connectivity index (χ0v) is 20.0. The lowest BCUT2D eigenvalue weighted by atomic mass is 10.2. The first-order valence-electron chi connectivity index (χ1n) is 10.4. The first-order valence-corrected chi connectivity index (χ1v) is 13.3. The van der Waals surface area contributed by atoms with Gasteiger partial charge in [-0.3, -0.25) is 0 Å². The molecule has 1 aromatic carbocycles. The van der Waals surface area contributed by atoms with E-state index in [1.165, 1.54) is 32.9 Å². The molecular formula is C21H31N3O5S2. The summed E-state index contributed by atoms with van der Waals surface area (Å²) in [5.74, 6) is 1.27. The van der Waals surface area contributed by atoms with Gasteiger partial charge in [-0.05, 0) is 70.3 Å². The molecule has 0 aliphatic carbocycles. The zero-order chi connectivity index (χ0) is 22.6. The van der Waals surface area contributed by atoms with Crippen molar-refractivity contribution in [2.24, 2.45) is 0 Å². The van der Waals surface area contributed by atoms with E-state index in [2.05, 4.69) is 0 Å². The Morgan fingerprint density at radius 2 is 1.48 bits per heavy atom. The van der Waals surface area contributed by atoms with Gasteiger partial charge in [-0.25, -0.2) is 16.8 Å². The van der Waals surface area contributed by atoms with Crippen molar-refractivity contribution in [2.75, 3.05) is 40.3 Å². The molecule has 0 amide bonds. The van der Waals surface area contributed by atoms with Crippen LogP contribution in [0.1, 0.15) is 30.8 Å². The van der Waals surface area contributed by atoms with Crippen LogP contribution >= 0.6 is 0 Å². The Balaban J connectivity index is 1.85. The molecule has 172 valence electrons. The third-order valence-electron chi connectivity index (χ3n) is 5.34. The minimum absolute atomic E-state index is 0.0622. The maximum atomic E-state index is 13.3. The van der Waals surface area contributed by atoms with Crippen LogP contribution in [0.2, 0.25) is 0 Å². The average Bonchev–Trinajstić information content (AvgIpc) is 3.16.